The van der Waals surface area contributed by atoms with Crippen molar-refractivity contribution in [3.05, 3.63) is 64.7 Å². The van der Waals surface area contributed by atoms with Crippen LogP contribution < -0.4 is 10.5 Å². The van der Waals surface area contributed by atoms with Gasteiger partial charge in [0.2, 0.25) is 0 Å². The number of aryl methyl sites for hydroxylation is 1. The van der Waals surface area contributed by atoms with E-state index < -0.39 is 12.2 Å². The smallest absolute Gasteiger partial charge is 0.387 e. The highest BCUT2D eigenvalue weighted by Crippen LogP contribution is 2.48. The summed E-state index contributed by atoms with van der Waals surface area (Å²) in [6, 6.07) is 12.6. The topological polar surface area (TPSA) is 77.2 Å². The van der Waals surface area contributed by atoms with Crippen LogP contribution in [0, 0.1) is 0 Å². The zero-order chi connectivity index (χ0) is 22.9. The van der Waals surface area contributed by atoms with Crippen LogP contribution in [0.2, 0.25) is 0 Å². The number of alkyl halides is 2. The minimum Gasteiger partial charge on any atom is -0.435 e. The van der Waals surface area contributed by atoms with Crippen LogP contribution >= 0.6 is 0 Å². The molecule has 170 valence electrons. The van der Waals surface area contributed by atoms with Crippen LogP contribution in [0.1, 0.15) is 47.4 Å². The van der Waals surface area contributed by atoms with Crippen molar-refractivity contribution < 1.29 is 23.0 Å². The maximum atomic E-state index is 13.5. The predicted octanol–water partition coefficient (Wildman–Crippen LogP) is 3.77. The number of hydrogen-bond donors (Lipinski definition) is 1. The lowest BCUT2D eigenvalue weighted by molar-refractivity contribution is -0.129. The maximum absolute atomic E-state index is 13.5. The first-order valence-corrected chi connectivity index (χ1v) is 10.7. The van der Waals surface area contributed by atoms with Gasteiger partial charge in [-0.15, -0.1) is 0 Å². The number of carbonyl (C=O) groups is 1. The Morgan fingerprint density at radius 1 is 1.22 bits per heavy atom. The van der Waals surface area contributed by atoms with Gasteiger partial charge in [0.1, 0.15) is 5.75 Å². The maximum Gasteiger partial charge on any atom is 0.387 e. The SMILES string of the molecule is COCCCc1cccc(C2(c3ccc(OC(F)F)c(C4CC4)c3)N=C(N)N(C)C2=O)c1. The van der Waals surface area contributed by atoms with Crippen molar-refractivity contribution in [2.45, 2.75) is 43.8 Å². The summed E-state index contributed by atoms with van der Waals surface area (Å²) < 4.78 is 35.8. The number of nitrogens with zero attached hydrogens (tertiary/aromatic N) is 2. The molecule has 1 saturated carbocycles. The molecule has 1 unspecified atom stereocenters. The molecule has 1 fully saturated rings. The Morgan fingerprint density at radius 2 is 1.97 bits per heavy atom. The van der Waals surface area contributed by atoms with Gasteiger partial charge in [-0.1, -0.05) is 30.3 Å². The van der Waals surface area contributed by atoms with E-state index in [2.05, 4.69) is 4.99 Å². The van der Waals surface area contributed by atoms with Gasteiger partial charge in [-0.3, -0.25) is 9.69 Å². The lowest BCUT2D eigenvalue weighted by atomic mass is 9.81. The summed E-state index contributed by atoms with van der Waals surface area (Å²) in [4.78, 5) is 19.5. The van der Waals surface area contributed by atoms with Gasteiger partial charge in [0, 0.05) is 20.8 Å². The fourth-order valence-electron chi connectivity index (χ4n) is 4.25. The molecule has 1 amide bonds. The van der Waals surface area contributed by atoms with Crippen molar-refractivity contribution >= 4 is 11.9 Å². The Morgan fingerprint density at radius 3 is 2.59 bits per heavy atom. The third kappa shape index (κ3) is 4.07. The van der Waals surface area contributed by atoms with E-state index in [-0.39, 0.29) is 23.5 Å². The van der Waals surface area contributed by atoms with Crippen molar-refractivity contribution in [1.29, 1.82) is 0 Å². The summed E-state index contributed by atoms with van der Waals surface area (Å²) in [6.07, 6.45) is 3.42. The minimum absolute atomic E-state index is 0.112. The molecule has 8 heteroatoms. The van der Waals surface area contributed by atoms with Gasteiger partial charge in [0.15, 0.2) is 11.5 Å². The number of ether oxygens (including phenoxy) is 2. The number of carbonyl (C=O) groups excluding carboxylic acids is 1. The van der Waals surface area contributed by atoms with Gasteiger partial charge in [-0.05, 0) is 66.0 Å². The molecule has 2 N–H and O–H groups in total. The number of methoxy groups -OCH3 is 1. The second-order valence-electron chi connectivity index (χ2n) is 8.25. The van der Waals surface area contributed by atoms with Crippen LogP contribution in [-0.4, -0.2) is 44.1 Å². The van der Waals surface area contributed by atoms with Crippen LogP contribution in [-0.2, 0) is 21.5 Å². The number of guanidine groups is 1. The molecule has 1 aliphatic carbocycles. The normalized spacial score (nSPS) is 20.7. The van der Waals surface area contributed by atoms with Gasteiger partial charge in [0.25, 0.3) is 5.91 Å². The number of halogens is 2. The van der Waals surface area contributed by atoms with Crippen molar-refractivity contribution in [2.75, 3.05) is 20.8 Å². The Kier molecular flexibility index (Phi) is 6.15. The molecule has 0 saturated heterocycles. The molecular weight excluding hydrogens is 416 g/mol. The monoisotopic (exact) mass is 443 g/mol. The van der Waals surface area contributed by atoms with E-state index in [9.17, 15) is 13.6 Å². The Hall–Kier alpha value is -3.00. The largest absolute Gasteiger partial charge is 0.435 e. The molecule has 0 aromatic heterocycles. The lowest BCUT2D eigenvalue weighted by Crippen LogP contribution is -2.41. The highest BCUT2D eigenvalue weighted by atomic mass is 19.3. The first-order chi connectivity index (χ1) is 15.4. The van der Waals surface area contributed by atoms with E-state index in [1.165, 1.54) is 11.0 Å². The van der Waals surface area contributed by atoms with Crippen molar-refractivity contribution in [3.8, 4) is 5.75 Å². The van der Waals surface area contributed by atoms with Crippen LogP contribution in [0.25, 0.3) is 0 Å². The first kappa shape index (κ1) is 22.2. The number of hydrogen-bond acceptors (Lipinski definition) is 5. The summed E-state index contributed by atoms with van der Waals surface area (Å²) >= 11 is 0. The summed E-state index contributed by atoms with van der Waals surface area (Å²) in [5, 5.41) is 0. The van der Waals surface area contributed by atoms with Gasteiger partial charge in [-0.2, -0.15) is 8.78 Å². The van der Waals surface area contributed by atoms with Crippen molar-refractivity contribution in [1.82, 2.24) is 4.90 Å². The fraction of sp³-hybridized carbons (Fsp3) is 0.417. The highest BCUT2D eigenvalue weighted by molar-refractivity contribution is 6.09. The van der Waals surface area contributed by atoms with Gasteiger partial charge in [-0.25, -0.2) is 4.99 Å². The zero-order valence-electron chi connectivity index (χ0n) is 18.2. The number of likely N-dealkylation sites (N-methyl/N-ethyl adjacent to an activating group) is 1. The van der Waals surface area contributed by atoms with E-state index >= 15 is 0 Å². The molecule has 1 heterocycles. The Bertz CT molecular complexity index is 1040. The summed E-state index contributed by atoms with van der Waals surface area (Å²) in [7, 11) is 3.25. The van der Waals surface area contributed by atoms with E-state index in [4.69, 9.17) is 15.2 Å². The molecule has 2 aromatic carbocycles. The van der Waals surface area contributed by atoms with Crippen molar-refractivity contribution in [3.63, 3.8) is 0 Å². The van der Waals surface area contributed by atoms with Crippen LogP contribution in [0.15, 0.2) is 47.5 Å². The number of rotatable bonds is 9. The molecule has 1 atom stereocenters. The lowest BCUT2D eigenvalue weighted by Gasteiger charge is -2.27. The molecule has 0 bridgehead atoms. The fourth-order valence-corrected chi connectivity index (χ4v) is 4.25. The molecule has 2 aliphatic rings. The van der Waals surface area contributed by atoms with Crippen LogP contribution in [0.3, 0.4) is 0 Å². The van der Waals surface area contributed by atoms with Gasteiger partial charge >= 0.3 is 6.61 Å². The molecule has 0 radical (unpaired) electrons. The molecule has 1 aliphatic heterocycles. The number of aliphatic imine (C=N–C) groups is 1. The Balaban J connectivity index is 1.82. The Labute approximate surface area is 186 Å². The number of benzene rings is 2. The summed E-state index contributed by atoms with van der Waals surface area (Å²) in [5.41, 5.74) is 7.71. The first-order valence-electron chi connectivity index (χ1n) is 10.7. The highest BCUT2D eigenvalue weighted by Gasteiger charge is 2.50. The second kappa shape index (κ2) is 8.86. The average Bonchev–Trinajstić information content (AvgIpc) is 3.59. The molecular formula is C24H27F2N3O3. The van der Waals surface area contributed by atoms with E-state index in [1.54, 1.807) is 26.3 Å². The molecule has 4 rings (SSSR count). The quantitative estimate of drug-likeness (QED) is 0.599. The van der Waals surface area contributed by atoms with Gasteiger partial charge in [0.05, 0.1) is 0 Å². The summed E-state index contributed by atoms with van der Waals surface area (Å²) in [6.45, 7) is -2.28. The standard InChI is InChI=1S/C24H27F2N3O3/c1-29-21(30)24(28-23(29)27,17-7-3-5-15(13-17)6-4-12-31-2)18-10-11-20(32-22(25)26)19(14-18)16-8-9-16/h3,5,7,10-11,13-14,16,22H,4,6,8-9,12H2,1-2H3,(H2,27,28). The number of nitrogens with two attached hydrogens (primary N) is 1. The molecule has 32 heavy (non-hydrogen) atoms. The molecule has 6 nitrogen and oxygen atoms in total. The molecule has 2 aromatic rings. The van der Waals surface area contributed by atoms with E-state index in [0.29, 0.717) is 23.3 Å². The average molecular weight is 443 g/mol. The van der Waals surface area contributed by atoms with Gasteiger partial charge < -0.3 is 15.2 Å². The summed E-state index contributed by atoms with van der Waals surface area (Å²) in [5.74, 6) is 0.108. The van der Waals surface area contributed by atoms with Crippen molar-refractivity contribution in [2.24, 2.45) is 10.7 Å². The minimum atomic E-state index is -2.91. The third-order valence-electron chi connectivity index (χ3n) is 6.06. The molecule has 0 spiro atoms. The van der Waals surface area contributed by atoms with E-state index in [0.717, 1.165) is 31.2 Å². The van der Waals surface area contributed by atoms with Crippen LogP contribution in [0.4, 0.5) is 8.78 Å². The predicted molar refractivity (Wildman–Crippen MR) is 117 cm³/mol. The second-order valence-corrected chi connectivity index (χ2v) is 8.25. The third-order valence-corrected chi connectivity index (χ3v) is 6.06. The number of amides is 1. The van der Waals surface area contributed by atoms with E-state index in [1.807, 2.05) is 24.3 Å². The van der Waals surface area contributed by atoms with Crippen LogP contribution in [0.5, 0.6) is 5.75 Å². The zero-order valence-corrected chi connectivity index (χ0v) is 18.2.